The number of hydrogen-bond donors (Lipinski definition) is 1. The summed E-state index contributed by atoms with van der Waals surface area (Å²) in [6.07, 6.45) is 0. The molecular weight excluding hydrogens is 384 g/mol. The molecule has 0 bridgehead atoms. The summed E-state index contributed by atoms with van der Waals surface area (Å²) in [4.78, 5) is 25.9. The van der Waals surface area contributed by atoms with Crippen molar-refractivity contribution in [3.05, 3.63) is 60.2 Å². The van der Waals surface area contributed by atoms with Crippen molar-refractivity contribution in [2.75, 3.05) is 32.8 Å². The van der Waals surface area contributed by atoms with Crippen LogP contribution < -0.4 is 0 Å². The largest absolute Gasteiger partial charge is 0.507 e. The van der Waals surface area contributed by atoms with Gasteiger partial charge in [-0.25, -0.2) is 13.2 Å². The van der Waals surface area contributed by atoms with E-state index in [-0.39, 0.29) is 42.4 Å². The minimum absolute atomic E-state index is 0.0194. The van der Waals surface area contributed by atoms with Crippen molar-refractivity contribution in [1.82, 2.24) is 9.21 Å². The fourth-order valence-corrected chi connectivity index (χ4v) is 4.31. The molecule has 0 aliphatic carbocycles. The highest BCUT2D eigenvalue weighted by atomic mass is 32.2. The summed E-state index contributed by atoms with van der Waals surface area (Å²) >= 11 is 0. The van der Waals surface area contributed by atoms with E-state index in [1.165, 1.54) is 33.5 Å². The van der Waals surface area contributed by atoms with Crippen LogP contribution in [0.5, 0.6) is 5.75 Å². The Morgan fingerprint density at radius 1 is 0.929 bits per heavy atom. The van der Waals surface area contributed by atoms with E-state index in [1.807, 2.05) is 0 Å². The molecule has 9 heteroatoms. The molecule has 2 aromatic rings. The Morgan fingerprint density at radius 2 is 1.54 bits per heavy atom. The zero-order chi connectivity index (χ0) is 20.1. The molecule has 8 nitrogen and oxygen atoms in total. The molecule has 28 heavy (non-hydrogen) atoms. The summed E-state index contributed by atoms with van der Waals surface area (Å²) in [5.41, 5.74) is -0.0194. The number of phenols is 1. The van der Waals surface area contributed by atoms with Crippen molar-refractivity contribution < 1.29 is 27.9 Å². The van der Waals surface area contributed by atoms with E-state index in [0.29, 0.717) is 0 Å². The number of carbonyl (C=O) groups excluding carboxylic acids is 2. The maximum Gasteiger partial charge on any atom is 0.342 e. The predicted octanol–water partition coefficient (Wildman–Crippen LogP) is 1.08. The molecule has 1 amide bonds. The minimum Gasteiger partial charge on any atom is -0.507 e. The second-order valence-corrected chi connectivity index (χ2v) is 8.13. The van der Waals surface area contributed by atoms with Gasteiger partial charge in [0, 0.05) is 26.2 Å². The predicted molar refractivity (Wildman–Crippen MR) is 100 cm³/mol. The monoisotopic (exact) mass is 404 g/mol. The van der Waals surface area contributed by atoms with E-state index in [4.69, 9.17) is 4.74 Å². The first-order chi connectivity index (χ1) is 13.4. The minimum atomic E-state index is -3.60. The molecule has 148 valence electrons. The number of nitrogens with zero attached hydrogens (tertiary/aromatic N) is 2. The molecule has 0 atom stereocenters. The summed E-state index contributed by atoms with van der Waals surface area (Å²) in [5.74, 6) is -1.43. The molecule has 0 aromatic heterocycles. The van der Waals surface area contributed by atoms with Crippen molar-refractivity contribution in [2.45, 2.75) is 4.90 Å². The molecular formula is C19H20N2O6S. The zero-order valence-electron chi connectivity index (χ0n) is 15.0. The lowest BCUT2D eigenvalue weighted by Crippen LogP contribution is -2.51. The van der Waals surface area contributed by atoms with Crippen molar-refractivity contribution in [3.63, 3.8) is 0 Å². The number of phenolic OH excluding ortho intramolecular Hbond substituents is 1. The van der Waals surface area contributed by atoms with Crippen LogP contribution in [0.25, 0.3) is 0 Å². The van der Waals surface area contributed by atoms with E-state index in [9.17, 15) is 23.1 Å². The van der Waals surface area contributed by atoms with E-state index < -0.39 is 28.5 Å². The van der Waals surface area contributed by atoms with Crippen LogP contribution in [0.2, 0.25) is 0 Å². The molecule has 1 fully saturated rings. The van der Waals surface area contributed by atoms with Crippen LogP contribution in [-0.2, 0) is 19.6 Å². The van der Waals surface area contributed by atoms with Gasteiger partial charge in [0.25, 0.3) is 5.91 Å². The summed E-state index contributed by atoms with van der Waals surface area (Å²) < 4.78 is 31.5. The highest BCUT2D eigenvalue weighted by molar-refractivity contribution is 7.89. The first-order valence-electron chi connectivity index (χ1n) is 8.67. The number of rotatable bonds is 5. The SMILES string of the molecule is O=C(OCC(=O)N1CCN(S(=O)(=O)c2ccccc2)CC1)c1ccccc1O. The number of aromatic hydroxyl groups is 1. The van der Waals surface area contributed by atoms with Gasteiger partial charge in [0.15, 0.2) is 6.61 Å². The van der Waals surface area contributed by atoms with Gasteiger partial charge >= 0.3 is 5.97 Å². The molecule has 0 saturated carbocycles. The average Bonchev–Trinajstić information content (AvgIpc) is 2.73. The Balaban J connectivity index is 1.53. The standard InChI is InChI=1S/C19H20N2O6S/c22-17-9-5-4-8-16(17)19(24)27-14-18(23)20-10-12-21(13-11-20)28(25,26)15-6-2-1-3-7-15/h1-9,22H,10-14H2. The van der Waals surface area contributed by atoms with Crippen molar-refractivity contribution in [3.8, 4) is 5.75 Å². The van der Waals surface area contributed by atoms with Crippen molar-refractivity contribution in [2.24, 2.45) is 0 Å². The number of esters is 1. The van der Waals surface area contributed by atoms with Gasteiger partial charge in [-0.2, -0.15) is 4.31 Å². The van der Waals surface area contributed by atoms with Gasteiger partial charge in [0.1, 0.15) is 11.3 Å². The Labute approximate surface area is 163 Å². The van der Waals surface area contributed by atoms with Gasteiger partial charge in [-0.05, 0) is 24.3 Å². The van der Waals surface area contributed by atoms with Crippen LogP contribution in [0.1, 0.15) is 10.4 Å². The summed E-state index contributed by atoms with van der Waals surface area (Å²) in [5, 5.41) is 9.64. The normalized spacial score (nSPS) is 15.2. The molecule has 1 heterocycles. The van der Waals surface area contributed by atoms with Crippen LogP contribution in [0, 0.1) is 0 Å². The zero-order valence-corrected chi connectivity index (χ0v) is 15.8. The summed E-state index contributed by atoms with van der Waals surface area (Å²) in [6.45, 7) is 0.267. The molecule has 3 rings (SSSR count). The highest BCUT2D eigenvalue weighted by Crippen LogP contribution is 2.18. The van der Waals surface area contributed by atoms with Gasteiger partial charge in [-0.15, -0.1) is 0 Å². The van der Waals surface area contributed by atoms with Gasteiger partial charge in [-0.3, -0.25) is 4.79 Å². The van der Waals surface area contributed by atoms with Gasteiger partial charge < -0.3 is 14.7 Å². The lowest BCUT2D eigenvalue weighted by molar-refractivity contribution is -0.135. The average molecular weight is 404 g/mol. The molecule has 1 saturated heterocycles. The molecule has 1 aliphatic rings. The lowest BCUT2D eigenvalue weighted by atomic mass is 10.2. The van der Waals surface area contributed by atoms with E-state index in [2.05, 4.69) is 0 Å². The molecule has 0 unspecified atom stereocenters. The highest BCUT2D eigenvalue weighted by Gasteiger charge is 2.30. The van der Waals surface area contributed by atoms with Gasteiger partial charge in [0.2, 0.25) is 10.0 Å². The Morgan fingerprint density at radius 3 is 2.18 bits per heavy atom. The molecule has 0 radical (unpaired) electrons. The molecule has 1 aliphatic heterocycles. The van der Waals surface area contributed by atoms with Crippen LogP contribution in [0.4, 0.5) is 0 Å². The molecule has 0 spiro atoms. The maximum atomic E-state index is 12.6. The number of sulfonamides is 1. The quantitative estimate of drug-likeness (QED) is 0.748. The number of piperazine rings is 1. The first-order valence-corrected chi connectivity index (χ1v) is 10.1. The van der Waals surface area contributed by atoms with Crippen LogP contribution in [-0.4, -0.2) is 67.4 Å². The Kier molecular flexibility index (Phi) is 5.96. The number of carbonyl (C=O) groups is 2. The number of para-hydroxylation sites is 1. The van der Waals surface area contributed by atoms with Crippen molar-refractivity contribution in [1.29, 1.82) is 0 Å². The topological polar surface area (TPSA) is 104 Å². The second kappa shape index (κ2) is 8.41. The van der Waals surface area contributed by atoms with E-state index in [1.54, 1.807) is 30.3 Å². The number of amides is 1. The number of hydrogen-bond acceptors (Lipinski definition) is 6. The third-order valence-corrected chi connectivity index (χ3v) is 6.34. The van der Waals surface area contributed by atoms with E-state index in [0.717, 1.165) is 0 Å². The van der Waals surface area contributed by atoms with Gasteiger partial charge in [-0.1, -0.05) is 30.3 Å². The van der Waals surface area contributed by atoms with Crippen LogP contribution >= 0.6 is 0 Å². The number of benzene rings is 2. The molecule has 2 aromatic carbocycles. The lowest BCUT2D eigenvalue weighted by Gasteiger charge is -2.33. The van der Waals surface area contributed by atoms with Crippen molar-refractivity contribution >= 4 is 21.9 Å². The number of ether oxygens (including phenoxy) is 1. The second-order valence-electron chi connectivity index (χ2n) is 6.19. The maximum absolute atomic E-state index is 12.6. The third kappa shape index (κ3) is 4.32. The summed E-state index contributed by atoms with van der Waals surface area (Å²) in [7, 11) is -3.60. The Hall–Kier alpha value is -2.91. The van der Waals surface area contributed by atoms with E-state index >= 15 is 0 Å². The Bertz CT molecular complexity index is 953. The third-order valence-electron chi connectivity index (χ3n) is 4.42. The summed E-state index contributed by atoms with van der Waals surface area (Å²) in [6, 6.07) is 14.0. The fourth-order valence-electron chi connectivity index (χ4n) is 2.86. The van der Waals surface area contributed by atoms with Gasteiger partial charge in [0.05, 0.1) is 4.90 Å². The first kappa shape index (κ1) is 19.8. The van der Waals surface area contributed by atoms with Crippen LogP contribution in [0.15, 0.2) is 59.5 Å². The fraction of sp³-hybridized carbons (Fsp3) is 0.263. The smallest absolute Gasteiger partial charge is 0.342 e. The molecule has 1 N–H and O–H groups in total. The van der Waals surface area contributed by atoms with Crippen LogP contribution in [0.3, 0.4) is 0 Å².